The molecule has 0 heterocycles. The molecule has 0 radical (unpaired) electrons. The number of nitrogens with two attached hydrogens (primary N) is 1. The summed E-state index contributed by atoms with van der Waals surface area (Å²) in [4.78, 5) is 0.106. The van der Waals surface area contributed by atoms with Crippen molar-refractivity contribution in [1.29, 1.82) is 0 Å². The third kappa shape index (κ3) is 7.47. The first-order valence-corrected chi connectivity index (χ1v) is 6.53. The van der Waals surface area contributed by atoms with Crippen LogP contribution in [0.5, 0.6) is 0 Å². The minimum atomic E-state index is -4.59. The number of nitrogens with zero attached hydrogens (tertiary/aromatic N) is 1. The van der Waals surface area contributed by atoms with Crippen molar-refractivity contribution in [2.75, 3.05) is 19.6 Å². The van der Waals surface area contributed by atoms with Crippen molar-refractivity contribution in [3.05, 3.63) is 0 Å². The molecule has 3 N–H and O–H groups in total. The van der Waals surface area contributed by atoms with E-state index in [-0.39, 0.29) is 24.5 Å². The first-order valence-electron chi connectivity index (χ1n) is 4.68. The molecule has 0 aromatic rings. The summed E-state index contributed by atoms with van der Waals surface area (Å²) >= 11 is 4.56. The Balaban J connectivity index is 4.48. The van der Waals surface area contributed by atoms with Crippen LogP contribution in [0.15, 0.2) is 0 Å². The van der Waals surface area contributed by atoms with Crippen LogP contribution >= 0.6 is 12.2 Å². The number of halogens is 3. The summed E-state index contributed by atoms with van der Waals surface area (Å²) in [6, 6.07) is 0. The number of rotatable bonds is 7. The van der Waals surface area contributed by atoms with Gasteiger partial charge < -0.3 is 5.73 Å². The van der Waals surface area contributed by atoms with E-state index in [1.807, 2.05) is 0 Å². The maximum Gasteiger partial charge on any atom is 0.402 e. The van der Waals surface area contributed by atoms with Gasteiger partial charge in [0.1, 0.15) is 6.54 Å². The van der Waals surface area contributed by atoms with Gasteiger partial charge in [0.15, 0.2) is 0 Å². The van der Waals surface area contributed by atoms with Crippen LogP contribution in [0.1, 0.15) is 13.3 Å². The Kier molecular flexibility index (Phi) is 6.30. The third-order valence-corrected chi connectivity index (χ3v) is 3.59. The van der Waals surface area contributed by atoms with E-state index in [9.17, 15) is 21.6 Å². The van der Waals surface area contributed by atoms with E-state index in [2.05, 4.69) is 12.2 Å². The average molecular weight is 293 g/mol. The molecule has 0 aliphatic rings. The van der Waals surface area contributed by atoms with Crippen LogP contribution in [-0.4, -0.2) is 43.5 Å². The highest BCUT2D eigenvalue weighted by Gasteiger charge is 2.31. The van der Waals surface area contributed by atoms with Gasteiger partial charge in [0.2, 0.25) is 0 Å². The van der Waals surface area contributed by atoms with Gasteiger partial charge in [-0.1, -0.05) is 19.1 Å². The normalized spacial score (nSPS) is 13.0. The van der Waals surface area contributed by atoms with Gasteiger partial charge in [0, 0.05) is 19.5 Å². The molecule has 0 fully saturated rings. The van der Waals surface area contributed by atoms with Gasteiger partial charge in [0.25, 0.3) is 10.2 Å². The summed E-state index contributed by atoms with van der Waals surface area (Å²) < 4.78 is 60.9. The molecule has 5 nitrogen and oxygen atoms in total. The standard InChI is InChI=1S/C7H14F3N3O2S2/c1-2-13(4-3-6(11)16)17(14,15)12-5-7(8,9)10/h12H,2-5H2,1H3,(H2,11,16). The SMILES string of the molecule is CCN(CCC(N)=S)S(=O)(=O)NCC(F)(F)F. The van der Waals surface area contributed by atoms with Crippen molar-refractivity contribution in [3.63, 3.8) is 0 Å². The molecule has 0 aliphatic carbocycles. The molecule has 0 saturated heterocycles. The van der Waals surface area contributed by atoms with Crippen LogP contribution in [0.3, 0.4) is 0 Å². The first kappa shape index (κ1) is 16.6. The van der Waals surface area contributed by atoms with E-state index in [0.717, 1.165) is 4.31 Å². The van der Waals surface area contributed by atoms with Crippen LogP contribution in [0.2, 0.25) is 0 Å². The predicted molar refractivity (Wildman–Crippen MR) is 61.6 cm³/mol. The molecule has 0 unspecified atom stereocenters. The second kappa shape index (κ2) is 6.47. The monoisotopic (exact) mass is 293 g/mol. The van der Waals surface area contributed by atoms with Crippen LogP contribution in [-0.2, 0) is 10.2 Å². The molecule has 0 aromatic heterocycles. The van der Waals surface area contributed by atoms with Gasteiger partial charge in [0.05, 0.1) is 4.99 Å². The molecule has 0 atom stereocenters. The average Bonchev–Trinajstić information content (AvgIpc) is 2.14. The van der Waals surface area contributed by atoms with Crippen LogP contribution in [0, 0.1) is 0 Å². The fourth-order valence-electron chi connectivity index (χ4n) is 0.947. The Hall–Kier alpha value is -0.450. The Morgan fingerprint density at radius 1 is 1.47 bits per heavy atom. The number of thiocarbonyl (C=S) groups is 1. The topological polar surface area (TPSA) is 75.4 Å². The molecule has 0 spiro atoms. The zero-order valence-electron chi connectivity index (χ0n) is 9.12. The van der Waals surface area contributed by atoms with Gasteiger partial charge in [-0.25, -0.2) is 0 Å². The highest BCUT2D eigenvalue weighted by Crippen LogP contribution is 2.13. The second-order valence-electron chi connectivity index (χ2n) is 3.15. The fraction of sp³-hybridized carbons (Fsp3) is 0.857. The summed E-state index contributed by atoms with van der Waals surface area (Å²) in [6.45, 7) is -0.0971. The number of hydrogen-bond donors (Lipinski definition) is 2. The Morgan fingerprint density at radius 2 is 2.00 bits per heavy atom. The summed E-state index contributed by atoms with van der Waals surface area (Å²) in [5.74, 6) is 0. The lowest BCUT2D eigenvalue weighted by atomic mass is 10.4. The molecule has 0 aromatic carbocycles. The van der Waals surface area contributed by atoms with E-state index < -0.39 is 22.9 Å². The molecule has 17 heavy (non-hydrogen) atoms. The number of nitrogens with one attached hydrogen (secondary N) is 1. The maximum atomic E-state index is 11.9. The third-order valence-electron chi connectivity index (χ3n) is 1.76. The first-order chi connectivity index (χ1) is 7.58. The summed E-state index contributed by atoms with van der Waals surface area (Å²) in [6.07, 6.45) is -4.47. The molecular weight excluding hydrogens is 279 g/mol. The van der Waals surface area contributed by atoms with Crippen molar-refractivity contribution in [2.24, 2.45) is 5.73 Å². The van der Waals surface area contributed by atoms with Crippen LogP contribution in [0.4, 0.5) is 13.2 Å². The molecule has 102 valence electrons. The lowest BCUT2D eigenvalue weighted by Crippen LogP contribution is -2.45. The van der Waals surface area contributed by atoms with E-state index in [0.29, 0.717) is 0 Å². The summed E-state index contributed by atoms with van der Waals surface area (Å²) in [7, 11) is -4.15. The van der Waals surface area contributed by atoms with Crippen molar-refractivity contribution in [1.82, 2.24) is 9.03 Å². The Labute approximate surface area is 103 Å². The molecule has 0 amide bonds. The highest BCUT2D eigenvalue weighted by atomic mass is 32.2. The summed E-state index contributed by atoms with van der Waals surface area (Å²) in [5.41, 5.74) is 5.19. The molecule has 10 heteroatoms. The second-order valence-corrected chi connectivity index (χ2v) is 5.43. The summed E-state index contributed by atoms with van der Waals surface area (Å²) in [5, 5.41) is 0. The smallest absolute Gasteiger partial charge is 0.393 e. The van der Waals surface area contributed by atoms with Crippen molar-refractivity contribution < 1.29 is 21.6 Å². The zero-order valence-corrected chi connectivity index (χ0v) is 10.8. The van der Waals surface area contributed by atoms with E-state index in [4.69, 9.17) is 5.73 Å². The van der Waals surface area contributed by atoms with Gasteiger partial charge in [-0.2, -0.15) is 30.6 Å². The molecule has 0 aliphatic heterocycles. The molecular formula is C7H14F3N3O2S2. The molecule has 0 bridgehead atoms. The van der Waals surface area contributed by atoms with Gasteiger partial charge in [-0.15, -0.1) is 0 Å². The minimum absolute atomic E-state index is 0.0375. The van der Waals surface area contributed by atoms with Crippen LogP contribution < -0.4 is 10.5 Å². The largest absolute Gasteiger partial charge is 0.402 e. The predicted octanol–water partition coefficient (Wildman–Crippen LogP) is 0.381. The van der Waals surface area contributed by atoms with Gasteiger partial charge >= 0.3 is 6.18 Å². The van der Waals surface area contributed by atoms with Crippen molar-refractivity contribution in [3.8, 4) is 0 Å². The lowest BCUT2D eigenvalue weighted by molar-refractivity contribution is -0.121. The maximum absolute atomic E-state index is 11.9. The van der Waals surface area contributed by atoms with E-state index in [1.165, 1.54) is 11.6 Å². The van der Waals surface area contributed by atoms with Crippen molar-refractivity contribution >= 4 is 27.4 Å². The molecule has 0 rings (SSSR count). The van der Waals surface area contributed by atoms with E-state index >= 15 is 0 Å². The molecule has 0 saturated carbocycles. The Morgan fingerprint density at radius 3 is 2.35 bits per heavy atom. The highest BCUT2D eigenvalue weighted by molar-refractivity contribution is 7.87. The number of hydrogen-bond acceptors (Lipinski definition) is 3. The quantitative estimate of drug-likeness (QED) is 0.666. The fourth-order valence-corrected chi connectivity index (χ4v) is 2.24. The zero-order chi connectivity index (χ0) is 13.7. The van der Waals surface area contributed by atoms with Crippen LogP contribution in [0.25, 0.3) is 0 Å². The van der Waals surface area contributed by atoms with Gasteiger partial charge in [-0.05, 0) is 0 Å². The Bertz CT molecular complexity index is 356. The number of alkyl halides is 3. The lowest BCUT2D eigenvalue weighted by Gasteiger charge is -2.20. The minimum Gasteiger partial charge on any atom is -0.393 e. The van der Waals surface area contributed by atoms with Gasteiger partial charge in [-0.3, -0.25) is 0 Å². The van der Waals surface area contributed by atoms with E-state index in [1.54, 1.807) is 0 Å². The van der Waals surface area contributed by atoms with Crippen molar-refractivity contribution in [2.45, 2.75) is 19.5 Å².